The van der Waals surface area contributed by atoms with Crippen LogP contribution >= 0.6 is 0 Å². The second-order valence-corrected chi connectivity index (χ2v) is 7.15. The molecule has 3 atom stereocenters. The number of piperazine rings is 1. The first-order chi connectivity index (χ1) is 13.1. The lowest BCUT2D eigenvalue weighted by Gasteiger charge is -2.50. The molecule has 1 aromatic heterocycles. The van der Waals surface area contributed by atoms with Crippen LogP contribution in [0.15, 0.2) is 36.7 Å². The molecule has 0 spiro atoms. The van der Waals surface area contributed by atoms with E-state index >= 15 is 0 Å². The minimum Gasteiger partial charge on any atom is -0.489 e. The second-order valence-electron chi connectivity index (χ2n) is 7.15. The number of halogens is 1. The van der Waals surface area contributed by atoms with Gasteiger partial charge < -0.3 is 9.64 Å². The number of piperidine rings is 1. The van der Waals surface area contributed by atoms with E-state index in [1.807, 2.05) is 12.1 Å². The summed E-state index contributed by atoms with van der Waals surface area (Å²) in [6.07, 6.45) is 4.60. The van der Waals surface area contributed by atoms with Crippen molar-refractivity contribution in [1.29, 1.82) is 5.26 Å². The predicted octanol–water partition coefficient (Wildman–Crippen LogP) is 2.61. The summed E-state index contributed by atoms with van der Waals surface area (Å²) < 4.78 is 19.2. The predicted molar refractivity (Wildman–Crippen MR) is 99.0 cm³/mol. The minimum atomic E-state index is -0.412. The highest BCUT2D eigenvalue weighted by molar-refractivity contribution is 5.35. The fourth-order valence-corrected chi connectivity index (χ4v) is 4.11. The van der Waals surface area contributed by atoms with Crippen LogP contribution in [0.2, 0.25) is 0 Å². The van der Waals surface area contributed by atoms with Gasteiger partial charge >= 0.3 is 0 Å². The Morgan fingerprint density at radius 1 is 1.15 bits per heavy atom. The molecule has 2 fully saturated rings. The van der Waals surface area contributed by atoms with Crippen molar-refractivity contribution in [3.05, 3.63) is 48.0 Å². The second kappa shape index (κ2) is 7.49. The molecule has 4 rings (SSSR count). The van der Waals surface area contributed by atoms with Gasteiger partial charge in [-0.3, -0.25) is 4.90 Å². The molecule has 0 amide bonds. The molecule has 2 saturated heterocycles. The topological polar surface area (TPSA) is 65.3 Å². The lowest BCUT2D eigenvalue weighted by atomic mass is 9.92. The van der Waals surface area contributed by atoms with Gasteiger partial charge in [0.1, 0.15) is 11.9 Å². The van der Waals surface area contributed by atoms with Crippen molar-refractivity contribution in [2.45, 2.75) is 38.0 Å². The Bertz CT molecular complexity index is 820. The number of nitrogens with zero attached hydrogens (tertiary/aromatic N) is 5. The quantitative estimate of drug-likeness (QED) is 0.831. The van der Waals surface area contributed by atoms with Crippen LogP contribution in [0.4, 0.5) is 10.3 Å². The number of hydrogen-bond acceptors (Lipinski definition) is 6. The number of fused-ring (bicyclic) bond motifs is 1. The zero-order chi connectivity index (χ0) is 18.8. The zero-order valence-corrected chi connectivity index (χ0v) is 15.3. The summed E-state index contributed by atoms with van der Waals surface area (Å²) in [5.41, 5.74) is 0.638. The third-order valence-electron chi connectivity index (χ3n) is 5.52. The molecule has 0 bridgehead atoms. The number of benzene rings is 1. The van der Waals surface area contributed by atoms with Crippen molar-refractivity contribution >= 4 is 5.95 Å². The normalized spacial score (nSPS) is 25.5. The highest BCUT2D eigenvalue weighted by Crippen LogP contribution is 2.30. The maximum atomic E-state index is 13.1. The monoisotopic (exact) mass is 367 g/mol. The molecule has 3 heterocycles. The number of nitriles is 1. The molecule has 0 radical (unpaired) electrons. The van der Waals surface area contributed by atoms with E-state index in [2.05, 4.69) is 32.8 Å². The lowest BCUT2D eigenvalue weighted by molar-refractivity contribution is 0.0286. The van der Waals surface area contributed by atoms with Crippen LogP contribution < -0.4 is 9.64 Å². The van der Waals surface area contributed by atoms with E-state index in [0.29, 0.717) is 17.6 Å². The summed E-state index contributed by atoms with van der Waals surface area (Å²) in [6.45, 7) is 4.79. The van der Waals surface area contributed by atoms with Gasteiger partial charge in [-0.1, -0.05) is 0 Å². The Balaban J connectivity index is 1.39. The van der Waals surface area contributed by atoms with Gasteiger partial charge in [0.2, 0.25) is 5.95 Å². The van der Waals surface area contributed by atoms with Crippen molar-refractivity contribution in [2.75, 3.05) is 24.5 Å². The van der Waals surface area contributed by atoms with Crippen LogP contribution in [0.1, 0.15) is 25.3 Å². The van der Waals surface area contributed by atoms with Crippen molar-refractivity contribution in [3.8, 4) is 11.8 Å². The maximum absolute atomic E-state index is 13.1. The van der Waals surface area contributed by atoms with Gasteiger partial charge in [0.25, 0.3) is 0 Å². The molecule has 0 N–H and O–H groups in total. The minimum absolute atomic E-state index is 0.148. The molecule has 1 aromatic carbocycles. The van der Waals surface area contributed by atoms with Crippen molar-refractivity contribution in [1.82, 2.24) is 14.9 Å². The molecule has 0 saturated carbocycles. The summed E-state index contributed by atoms with van der Waals surface area (Å²) >= 11 is 0. The fraction of sp³-hybridized carbons (Fsp3) is 0.450. The van der Waals surface area contributed by atoms with Crippen LogP contribution in [-0.4, -0.2) is 52.7 Å². The Kier molecular flexibility index (Phi) is 4.90. The smallest absolute Gasteiger partial charge is 0.225 e. The van der Waals surface area contributed by atoms with E-state index < -0.39 is 5.82 Å². The van der Waals surface area contributed by atoms with Gasteiger partial charge in [0, 0.05) is 31.7 Å². The molecule has 7 heteroatoms. The van der Waals surface area contributed by atoms with E-state index in [-0.39, 0.29) is 12.1 Å². The van der Waals surface area contributed by atoms with Gasteiger partial charge in [-0.25, -0.2) is 14.4 Å². The van der Waals surface area contributed by atoms with E-state index in [9.17, 15) is 4.39 Å². The lowest BCUT2D eigenvalue weighted by Crippen LogP contribution is -2.62. The standard InChI is InChI=1S/C20H22FN5O/c1-14-19-7-6-18(27-17-4-2-15(10-22)3-5-17)13-25(19)8-9-26(14)20-23-11-16(21)12-24-20/h2-5,11-12,14,18-19H,6-9,13H2,1H3/t14?,18-,19+/m1/s1. The highest BCUT2D eigenvalue weighted by Gasteiger charge is 2.39. The first-order valence-corrected chi connectivity index (χ1v) is 9.29. The molecule has 6 nitrogen and oxygen atoms in total. The zero-order valence-electron chi connectivity index (χ0n) is 15.3. The summed E-state index contributed by atoms with van der Waals surface area (Å²) in [7, 11) is 0. The Labute approximate surface area is 158 Å². The van der Waals surface area contributed by atoms with Gasteiger partial charge in [-0.05, 0) is 44.0 Å². The van der Waals surface area contributed by atoms with Gasteiger partial charge in [-0.15, -0.1) is 0 Å². The summed E-state index contributed by atoms with van der Waals surface area (Å²) in [6, 6.07) is 10.1. The van der Waals surface area contributed by atoms with E-state index in [1.54, 1.807) is 12.1 Å². The number of aromatic nitrogens is 2. The molecule has 140 valence electrons. The summed E-state index contributed by atoms with van der Waals surface area (Å²) in [5, 5.41) is 8.89. The number of ether oxygens (including phenoxy) is 1. The Morgan fingerprint density at radius 2 is 1.89 bits per heavy atom. The highest BCUT2D eigenvalue weighted by atomic mass is 19.1. The summed E-state index contributed by atoms with van der Waals surface area (Å²) in [5.74, 6) is 0.994. The van der Waals surface area contributed by atoms with Gasteiger partial charge in [0.15, 0.2) is 5.82 Å². The molecule has 1 unspecified atom stereocenters. The van der Waals surface area contributed by atoms with Gasteiger partial charge in [-0.2, -0.15) is 5.26 Å². The maximum Gasteiger partial charge on any atom is 0.225 e. The molecule has 2 aliphatic heterocycles. The van der Waals surface area contributed by atoms with Gasteiger partial charge in [0.05, 0.1) is 24.0 Å². The average Bonchev–Trinajstić information content (AvgIpc) is 2.70. The first kappa shape index (κ1) is 17.7. The van der Waals surface area contributed by atoms with E-state index in [0.717, 1.165) is 38.2 Å². The molecule has 0 aliphatic carbocycles. The van der Waals surface area contributed by atoms with Crippen molar-refractivity contribution < 1.29 is 9.13 Å². The van der Waals surface area contributed by atoms with Crippen LogP contribution in [0.5, 0.6) is 5.75 Å². The fourth-order valence-electron chi connectivity index (χ4n) is 4.11. The number of hydrogen-bond donors (Lipinski definition) is 0. The molecule has 27 heavy (non-hydrogen) atoms. The third kappa shape index (κ3) is 3.71. The molecule has 2 aromatic rings. The average molecular weight is 367 g/mol. The Morgan fingerprint density at radius 3 is 2.59 bits per heavy atom. The summed E-state index contributed by atoms with van der Waals surface area (Å²) in [4.78, 5) is 12.9. The Hall–Kier alpha value is -2.72. The molecular weight excluding hydrogens is 345 g/mol. The largest absolute Gasteiger partial charge is 0.489 e. The first-order valence-electron chi connectivity index (χ1n) is 9.29. The van der Waals surface area contributed by atoms with Crippen LogP contribution in [0.25, 0.3) is 0 Å². The number of anilines is 1. The van der Waals surface area contributed by atoms with Crippen molar-refractivity contribution in [2.24, 2.45) is 0 Å². The van der Waals surface area contributed by atoms with Crippen LogP contribution in [-0.2, 0) is 0 Å². The SMILES string of the molecule is CC1[C@@H]2CC[C@@H](Oc3ccc(C#N)cc3)CN2CCN1c1ncc(F)cn1. The van der Waals surface area contributed by atoms with Crippen LogP contribution in [0, 0.1) is 17.1 Å². The molecule has 2 aliphatic rings. The molecular formula is C20H22FN5O. The van der Waals surface area contributed by atoms with E-state index in [1.165, 1.54) is 12.4 Å². The van der Waals surface area contributed by atoms with Crippen LogP contribution in [0.3, 0.4) is 0 Å². The van der Waals surface area contributed by atoms with Crippen molar-refractivity contribution in [3.63, 3.8) is 0 Å². The van der Waals surface area contributed by atoms with E-state index in [4.69, 9.17) is 10.00 Å². The number of rotatable bonds is 3. The third-order valence-corrected chi connectivity index (χ3v) is 5.52.